The van der Waals surface area contributed by atoms with Crippen LogP contribution in [0.3, 0.4) is 0 Å². The first kappa shape index (κ1) is 12.0. The molecular weight excluding hydrogens is 282 g/mol. The zero-order valence-electron chi connectivity index (χ0n) is 9.77. The van der Waals surface area contributed by atoms with Crippen LogP contribution in [-0.2, 0) is 0 Å². The van der Waals surface area contributed by atoms with E-state index in [1.54, 1.807) is 13.3 Å². The summed E-state index contributed by atoms with van der Waals surface area (Å²) in [7, 11) is 1.66. The van der Waals surface area contributed by atoms with Gasteiger partial charge in [0.15, 0.2) is 0 Å². The van der Waals surface area contributed by atoms with Gasteiger partial charge >= 0.3 is 0 Å². The molecule has 17 heavy (non-hydrogen) atoms. The molecule has 0 aliphatic heterocycles. The number of rotatable bonds is 4. The molecule has 1 aromatic carbocycles. The Morgan fingerprint density at radius 2 is 2.29 bits per heavy atom. The minimum atomic E-state index is 0.809. The second-order valence-electron chi connectivity index (χ2n) is 3.47. The van der Waals surface area contributed by atoms with Crippen LogP contribution in [-0.4, -0.2) is 23.2 Å². The van der Waals surface area contributed by atoms with Crippen molar-refractivity contribution in [2.45, 2.75) is 6.92 Å². The summed E-state index contributed by atoms with van der Waals surface area (Å²) in [6, 6.07) is 5.88. The number of aromatic nitrogens is 2. The van der Waals surface area contributed by atoms with Gasteiger partial charge in [-0.3, -0.25) is 4.57 Å². The molecule has 0 aliphatic rings. The molecule has 90 valence electrons. The highest BCUT2D eigenvalue weighted by molar-refractivity contribution is 9.10. The summed E-state index contributed by atoms with van der Waals surface area (Å²) in [5.41, 5.74) is 0.954. The highest BCUT2D eigenvalue weighted by Gasteiger charge is 2.09. The van der Waals surface area contributed by atoms with Crippen molar-refractivity contribution in [1.29, 1.82) is 0 Å². The van der Waals surface area contributed by atoms with Gasteiger partial charge in [0.25, 0.3) is 0 Å². The number of nitrogens with zero attached hydrogens (tertiary/aromatic N) is 2. The second-order valence-corrected chi connectivity index (χ2v) is 4.38. The molecule has 0 spiro atoms. The Balaban J connectivity index is 2.51. The van der Waals surface area contributed by atoms with Crippen LogP contribution in [0.4, 0.5) is 5.95 Å². The number of halogens is 1. The van der Waals surface area contributed by atoms with Crippen molar-refractivity contribution in [1.82, 2.24) is 9.55 Å². The van der Waals surface area contributed by atoms with E-state index in [0.29, 0.717) is 0 Å². The number of benzene rings is 1. The number of hydrogen-bond acceptors (Lipinski definition) is 3. The highest BCUT2D eigenvalue weighted by Crippen LogP contribution is 2.28. The van der Waals surface area contributed by atoms with Crippen molar-refractivity contribution < 1.29 is 4.74 Å². The van der Waals surface area contributed by atoms with E-state index in [1.807, 2.05) is 35.9 Å². The first-order valence-corrected chi connectivity index (χ1v) is 6.16. The summed E-state index contributed by atoms with van der Waals surface area (Å²) in [5, 5.41) is 3.21. The van der Waals surface area contributed by atoms with Gasteiger partial charge in [-0.15, -0.1) is 0 Å². The largest absolute Gasteiger partial charge is 0.495 e. The van der Waals surface area contributed by atoms with Crippen LogP contribution in [0.15, 0.2) is 35.1 Å². The maximum absolute atomic E-state index is 5.36. The van der Waals surface area contributed by atoms with E-state index < -0.39 is 0 Å². The summed E-state index contributed by atoms with van der Waals surface area (Å²) in [4.78, 5) is 4.27. The molecule has 0 fully saturated rings. The fourth-order valence-electron chi connectivity index (χ4n) is 1.64. The zero-order valence-corrected chi connectivity index (χ0v) is 11.4. The molecule has 1 heterocycles. The predicted molar refractivity (Wildman–Crippen MR) is 72.0 cm³/mol. The van der Waals surface area contributed by atoms with Gasteiger partial charge in [-0.1, -0.05) is 15.9 Å². The Morgan fingerprint density at radius 3 is 3.00 bits per heavy atom. The molecule has 0 saturated heterocycles. The number of hydrogen-bond donors (Lipinski definition) is 1. The Labute approximate surface area is 109 Å². The third-order valence-corrected chi connectivity index (χ3v) is 2.87. The summed E-state index contributed by atoms with van der Waals surface area (Å²) in [6.07, 6.45) is 3.67. The van der Waals surface area contributed by atoms with Crippen LogP contribution in [0.2, 0.25) is 0 Å². The smallest absolute Gasteiger partial charge is 0.207 e. The monoisotopic (exact) mass is 295 g/mol. The molecule has 2 aromatic rings. The summed E-state index contributed by atoms with van der Waals surface area (Å²) >= 11 is 3.46. The van der Waals surface area contributed by atoms with Gasteiger partial charge in [0.05, 0.1) is 12.8 Å². The lowest BCUT2D eigenvalue weighted by atomic mass is 10.3. The Bertz CT molecular complexity index is 510. The molecule has 0 radical (unpaired) electrons. The van der Waals surface area contributed by atoms with Crippen LogP contribution in [0.1, 0.15) is 6.92 Å². The fraction of sp³-hybridized carbons (Fsp3) is 0.250. The quantitative estimate of drug-likeness (QED) is 0.942. The molecule has 0 aliphatic carbocycles. The van der Waals surface area contributed by atoms with Crippen molar-refractivity contribution >= 4 is 21.9 Å². The van der Waals surface area contributed by atoms with Crippen molar-refractivity contribution in [2.75, 3.05) is 19.0 Å². The first-order valence-electron chi connectivity index (χ1n) is 5.37. The SMILES string of the molecule is CCNc1nccn1-c1cc(Br)ccc1OC. The van der Waals surface area contributed by atoms with Gasteiger partial charge in [-0.25, -0.2) is 4.98 Å². The third-order valence-electron chi connectivity index (χ3n) is 2.38. The molecular formula is C12H14BrN3O. The van der Waals surface area contributed by atoms with Crippen molar-refractivity contribution in [3.63, 3.8) is 0 Å². The van der Waals surface area contributed by atoms with Crippen molar-refractivity contribution in [3.05, 3.63) is 35.1 Å². The molecule has 1 aromatic heterocycles. The highest BCUT2D eigenvalue weighted by atomic mass is 79.9. The Hall–Kier alpha value is -1.49. The maximum atomic E-state index is 5.36. The molecule has 0 saturated carbocycles. The van der Waals surface area contributed by atoms with E-state index in [0.717, 1.165) is 28.4 Å². The number of nitrogens with one attached hydrogen (secondary N) is 1. The molecule has 0 bridgehead atoms. The lowest BCUT2D eigenvalue weighted by Crippen LogP contribution is -2.06. The van der Waals surface area contributed by atoms with Gasteiger partial charge in [-0.05, 0) is 25.1 Å². The fourth-order valence-corrected chi connectivity index (χ4v) is 1.99. The van der Waals surface area contributed by atoms with E-state index in [-0.39, 0.29) is 0 Å². The lowest BCUT2D eigenvalue weighted by molar-refractivity contribution is 0.413. The average molecular weight is 296 g/mol. The van der Waals surface area contributed by atoms with Crippen molar-refractivity contribution in [3.8, 4) is 11.4 Å². The molecule has 1 N–H and O–H groups in total. The zero-order chi connectivity index (χ0) is 12.3. The van der Waals surface area contributed by atoms with Gasteiger partial charge in [0.1, 0.15) is 5.75 Å². The van der Waals surface area contributed by atoms with E-state index in [4.69, 9.17) is 4.74 Å². The van der Waals surface area contributed by atoms with Gasteiger partial charge < -0.3 is 10.1 Å². The van der Waals surface area contributed by atoms with Crippen LogP contribution in [0.5, 0.6) is 5.75 Å². The molecule has 0 amide bonds. The summed E-state index contributed by atoms with van der Waals surface area (Å²) in [5.74, 6) is 1.62. The van der Waals surface area contributed by atoms with Crippen LogP contribution >= 0.6 is 15.9 Å². The minimum Gasteiger partial charge on any atom is -0.495 e. The summed E-state index contributed by atoms with van der Waals surface area (Å²) in [6.45, 7) is 2.87. The summed E-state index contributed by atoms with van der Waals surface area (Å²) < 4.78 is 8.33. The molecule has 0 atom stereocenters. The van der Waals surface area contributed by atoms with Gasteiger partial charge in [0, 0.05) is 23.4 Å². The number of ether oxygens (including phenoxy) is 1. The number of anilines is 1. The van der Waals surface area contributed by atoms with Crippen LogP contribution in [0, 0.1) is 0 Å². The maximum Gasteiger partial charge on any atom is 0.207 e. The normalized spacial score (nSPS) is 10.3. The van der Waals surface area contributed by atoms with E-state index >= 15 is 0 Å². The standard InChI is InChI=1S/C12H14BrN3O/c1-3-14-12-15-6-7-16(12)10-8-9(13)4-5-11(10)17-2/h4-8H,3H2,1-2H3,(H,14,15). The molecule has 2 rings (SSSR count). The Kier molecular flexibility index (Phi) is 3.68. The third kappa shape index (κ3) is 2.44. The van der Waals surface area contributed by atoms with Gasteiger partial charge in [0.2, 0.25) is 5.95 Å². The predicted octanol–water partition coefficient (Wildman–Crippen LogP) is 3.08. The first-order chi connectivity index (χ1) is 8.26. The van der Waals surface area contributed by atoms with Gasteiger partial charge in [-0.2, -0.15) is 0 Å². The lowest BCUT2D eigenvalue weighted by Gasteiger charge is -2.12. The van der Waals surface area contributed by atoms with Crippen LogP contribution < -0.4 is 10.1 Å². The molecule has 5 heteroatoms. The van der Waals surface area contributed by atoms with Crippen molar-refractivity contribution in [2.24, 2.45) is 0 Å². The Morgan fingerprint density at radius 1 is 1.47 bits per heavy atom. The second kappa shape index (κ2) is 5.23. The molecule has 0 unspecified atom stereocenters. The van der Waals surface area contributed by atoms with E-state index in [2.05, 4.69) is 26.2 Å². The minimum absolute atomic E-state index is 0.809. The number of imidazole rings is 1. The number of methoxy groups -OCH3 is 1. The van der Waals surface area contributed by atoms with E-state index in [1.165, 1.54) is 0 Å². The van der Waals surface area contributed by atoms with E-state index in [9.17, 15) is 0 Å². The van der Waals surface area contributed by atoms with Crippen LogP contribution in [0.25, 0.3) is 5.69 Å². The molecule has 4 nitrogen and oxygen atoms in total. The average Bonchev–Trinajstić information content (AvgIpc) is 2.77. The topological polar surface area (TPSA) is 39.1 Å².